The predicted molar refractivity (Wildman–Crippen MR) is 131 cm³/mol. The number of hydrogen-bond acceptors (Lipinski definition) is 8. The van der Waals surface area contributed by atoms with Gasteiger partial charge < -0.3 is 24.9 Å². The van der Waals surface area contributed by atoms with E-state index in [1.807, 2.05) is 0 Å². The number of aliphatic hydroxyl groups is 3. The second-order valence-corrected chi connectivity index (χ2v) is 10.4. The molecule has 9 nitrogen and oxygen atoms in total. The summed E-state index contributed by atoms with van der Waals surface area (Å²) in [5, 5.41) is 27.4. The molecule has 0 aliphatic rings. The molecular weight excluding hydrogens is 463 g/mol. The smallest absolute Gasteiger partial charge is 0.463 e. The van der Waals surface area contributed by atoms with Gasteiger partial charge in [-0.15, -0.1) is 0 Å². The Morgan fingerprint density at radius 3 is 1.56 bits per heavy atom. The van der Waals surface area contributed by atoms with Gasteiger partial charge in [0, 0.05) is 6.42 Å². The van der Waals surface area contributed by atoms with Crippen molar-refractivity contribution >= 4 is 13.8 Å². The van der Waals surface area contributed by atoms with E-state index in [4.69, 9.17) is 14.9 Å². The van der Waals surface area contributed by atoms with Crippen LogP contribution in [0.1, 0.15) is 110 Å². The SMILES string of the molecule is CCCCCCCCCCCCCCCCCC(=O)OC[C@@H](O)COP(=O)(O)OC[C@@H](O)CO. The summed E-state index contributed by atoms with van der Waals surface area (Å²) in [4.78, 5) is 21.1. The molecule has 0 aliphatic heterocycles. The van der Waals surface area contributed by atoms with Gasteiger partial charge in [0.2, 0.25) is 0 Å². The molecule has 3 atom stereocenters. The molecule has 0 heterocycles. The zero-order chi connectivity index (χ0) is 25.5. The van der Waals surface area contributed by atoms with Crippen LogP contribution in [0.4, 0.5) is 0 Å². The quantitative estimate of drug-likeness (QED) is 0.0781. The number of unbranched alkanes of at least 4 members (excludes halogenated alkanes) is 14. The molecule has 0 saturated heterocycles. The van der Waals surface area contributed by atoms with Gasteiger partial charge in [-0.3, -0.25) is 13.8 Å². The first kappa shape index (κ1) is 33.5. The molecule has 0 aliphatic carbocycles. The Morgan fingerprint density at radius 2 is 1.12 bits per heavy atom. The molecule has 4 N–H and O–H groups in total. The van der Waals surface area contributed by atoms with Gasteiger partial charge in [0.15, 0.2) is 0 Å². The van der Waals surface area contributed by atoms with Crippen molar-refractivity contribution in [2.75, 3.05) is 26.4 Å². The van der Waals surface area contributed by atoms with Crippen LogP contribution in [-0.2, 0) is 23.1 Å². The van der Waals surface area contributed by atoms with Crippen LogP contribution in [0.3, 0.4) is 0 Å². The topological polar surface area (TPSA) is 143 Å². The number of carbonyl (C=O) groups is 1. The molecule has 204 valence electrons. The fraction of sp³-hybridized carbons (Fsp3) is 0.958. The minimum absolute atomic E-state index is 0.270. The Hall–Kier alpha value is -0.540. The van der Waals surface area contributed by atoms with E-state index in [0.29, 0.717) is 0 Å². The molecule has 34 heavy (non-hydrogen) atoms. The number of hydrogen-bond donors (Lipinski definition) is 4. The lowest BCUT2D eigenvalue weighted by Crippen LogP contribution is -2.24. The van der Waals surface area contributed by atoms with Crippen molar-refractivity contribution < 1.29 is 43.4 Å². The van der Waals surface area contributed by atoms with Crippen LogP contribution >= 0.6 is 7.82 Å². The Bertz CT molecular complexity index is 519. The number of aliphatic hydroxyl groups excluding tert-OH is 3. The van der Waals surface area contributed by atoms with Gasteiger partial charge in [-0.1, -0.05) is 96.8 Å². The number of esters is 1. The second kappa shape index (κ2) is 22.9. The molecule has 0 amide bonds. The number of phosphoric acid groups is 1. The lowest BCUT2D eigenvalue weighted by molar-refractivity contribution is -0.147. The van der Waals surface area contributed by atoms with Crippen molar-refractivity contribution in [3.63, 3.8) is 0 Å². The maximum Gasteiger partial charge on any atom is 0.472 e. The van der Waals surface area contributed by atoms with Crippen molar-refractivity contribution in [3.05, 3.63) is 0 Å². The fourth-order valence-electron chi connectivity index (χ4n) is 3.40. The first-order valence-electron chi connectivity index (χ1n) is 13.0. The summed E-state index contributed by atoms with van der Waals surface area (Å²) in [6, 6.07) is 0. The van der Waals surface area contributed by atoms with Gasteiger partial charge in [-0.25, -0.2) is 4.57 Å². The maximum atomic E-state index is 11.7. The molecule has 0 fully saturated rings. The summed E-state index contributed by atoms with van der Waals surface area (Å²) < 4.78 is 25.5. The van der Waals surface area contributed by atoms with Gasteiger partial charge in [0.1, 0.15) is 18.8 Å². The van der Waals surface area contributed by atoms with Crippen molar-refractivity contribution in [3.8, 4) is 0 Å². The highest BCUT2D eigenvalue weighted by Gasteiger charge is 2.24. The van der Waals surface area contributed by atoms with E-state index in [1.54, 1.807) is 0 Å². The number of carbonyl (C=O) groups excluding carboxylic acids is 1. The van der Waals surface area contributed by atoms with Crippen LogP contribution < -0.4 is 0 Å². The molecule has 0 aromatic heterocycles. The van der Waals surface area contributed by atoms with E-state index in [0.717, 1.165) is 19.3 Å². The third kappa shape index (κ3) is 23.2. The Labute approximate surface area is 205 Å². The highest BCUT2D eigenvalue weighted by molar-refractivity contribution is 7.47. The average Bonchev–Trinajstić information content (AvgIpc) is 2.82. The molecule has 0 aromatic rings. The molecule has 1 unspecified atom stereocenters. The Morgan fingerprint density at radius 1 is 0.706 bits per heavy atom. The monoisotopic (exact) mass is 512 g/mol. The van der Waals surface area contributed by atoms with E-state index < -0.39 is 45.8 Å². The fourth-order valence-corrected chi connectivity index (χ4v) is 4.20. The second-order valence-electron chi connectivity index (χ2n) is 8.93. The number of ether oxygens (including phenoxy) is 1. The molecule has 0 bridgehead atoms. The van der Waals surface area contributed by atoms with E-state index in [2.05, 4.69) is 16.0 Å². The van der Waals surface area contributed by atoms with Crippen molar-refractivity contribution in [2.24, 2.45) is 0 Å². The Balaban J connectivity index is 3.50. The zero-order valence-corrected chi connectivity index (χ0v) is 22.0. The average molecular weight is 513 g/mol. The first-order valence-corrected chi connectivity index (χ1v) is 14.5. The molecule has 0 radical (unpaired) electrons. The highest BCUT2D eigenvalue weighted by atomic mass is 31.2. The van der Waals surface area contributed by atoms with Crippen LogP contribution in [0.5, 0.6) is 0 Å². The van der Waals surface area contributed by atoms with Crippen LogP contribution in [0.15, 0.2) is 0 Å². The first-order chi connectivity index (χ1) is 16.3. The summed E-state index contributed by atoms with van der Waals surface area (Å²) in [6.45, 7) is 0.107. The van der Waals surface area contributed by atoms with Crippen LogP contribution in [-0.4, -0.2) is 64.8 Å². The van der Waals surface area contributed by atoms with Crippen molar-refractivity contribution in [1.82, 2.24) is 0 Å². The van der Waals surface area contributed by atoms with E-state index in [-0.39, 0.29) is 13.0 Å². The third-order valence-electron chi connectivity index (χ3n) is 5.49. The van der Waals surface area contributed by atoms with E-state index >= 15 is 0 Å². The van der Waals surface area contributed by atoms with Crippen molar-refractivity contribution in [1.29, 1.82) is 0 Å². The van der Waals surface area contributed by atoms with Crippen molar-refractivity contribution in [2.45, 2.75) is 122 Å². The van der Waals surface area contributed by atoms with Gasteiger partial charge >= 0.3 is 13.8 Å². The normalized spacial score (nSPS) is 15.1. The van der Waals surface area contributed by atoms with Gasteiger partial charge in [0.05, 0.1) is 19.8 Å². The van der Waals surface area contributed by atoms with Crippen LogP contribution in [0.25, 0.3) is 0 Å². The molecule has 0 spiro atoms. The molecule has 0 aromatic carbocycles. The molecule has 0 saturated carbocycles. The molecular formula is C24H49O9P. The largest absolute Gasteiger partial charge is 0.472 e. The summed E-state index contributed by atoms with van der Waals surface area (Å²) in [5.74, 6) is -0.428. The lowest BCUT2D eigenvalue weighted by Gasteiger charge is -2.16. The number of rotatable bonds is 25. The van der Waals surface area contributed by atoms with E-state index in [9.17, 15) is 19.4 Å². The third-order valence-corrected chi connectivity index (χ3v) is 6.44. The molecule has 10 heteroatoms. The maximum absolute atomic E-state index is 11.7. The van der Waals surface area contributed by atoms with Gasteiger partial charge in [0.25, 0.3) is 0 Å². The zero-order valence-electron chi connectivity index (χ0n) is 21.1. The molecule has 0 rings (SSSR count). The summed E-state index contributed by atoms with van der Waals surface area (Å²) in [6.07, 6.45) is 16.4. The minimum atomic E-state index is -4.48. The Kier molecular flexibility index (Phi) is 22.5. The van der Waals surface area contributed by atoms with Gasteiger partial charge in [-0.05, 0) is 6.42 Å². The minimum Gasteiger partial charge on any atom is -0.463 e. The number of phosphoric ester groups is 1. The van der Waals surface area contributed by atoms with E-state index in [1.165, 1.54) is 77.0 Å². The van der Waals surface area contributed by atoms with Crippen LogP contribution in [0.2, 0.25) is 0 Å². The highest BCUT2D eigenvalue weighted by Crippen LogP contribution is 2.43. The van der Waals surface area contributed by atoms with Gasteiger partial charge in [-0.2, -0.15) is 0 Å². The summed E-state index contributed by atoms with van der Waals surface area (Å²) >= 11 is 0. The standard InChI is InChI=1S/C24H49O9P/c1-2-3-4-5-6-7-8-9-10-11-12-13-14-15-16-17-24(28)31-19-23(27)21-33-34(29,30)32-20-22(26)18-25/h22-23,25-27H,2-21H2,1H3,(H,29,30)/t22-,23+/m0/s1. The summed E-state index contributed by atoms with van der Waals surface area (Å²) in [7, 11) is -4.48. The summed E-state index contributed by atoms with van der Waals surface area (Å²) in [5.41, 5.74) is 0. The lowest BCUT2D eigenvalue weighted by atomic mass is 10.0. The van der Waals surface area contributed by atoms with Crippen LogP contribution in [0, 0.1) is 0 Å². The predicted octanol–water partition coefficient (Wildman–Crippen LogP) is 4.64.